The highest BCUT2D eigenvalue weighted by Gasteiger charge is 2.15. The first kappa shape index (κ1) is 20.9. The summed E-state index contributed by atoms with van der Waals surface area (Å²) in [6.45, 7) is 6.39. The maximum absolute atomic E-state index is 4.82. The molecule has 1 fully saturated rings. The molecule has 0 aliphatic carbocycles. The van der Waals surface area contributed by atoms with E-state index < -0.39 is 0 Å². The van der Waals surface area contributed by atoms with E-state index in [4.69, 9.17) is 9.97 Å². The first-order chi connectivity index (χ1) is 16.6. The van der Waals surface area contributed by atoms with Crippen molar-refractivity contribution in [3.05, 3.63) is 59.6 Å². The van der Waals surface area contributed by atoms with E-state index in [2.05, 4.69) is 74.9 Å². The van der Waals surface area contributed by atoms with Crippen molar-refractivity contribution in [3.63, 3.8) is 0 Å². The van der Waals surface area contributed by atoms with Gasteiger partial charge in [-0.25, -0.2) is 4.98 Å². The molecule has 0 radical (unpaired) electrons. The van der Waals surface area contributed by atoms with Crippen LogP contribution in [-0.4, -0.2) is 58.3 Å². The minimum absolute atomic E-state index is 0.576. The number of hydrogen-bond donors (Lipinski definition) is 3. The lowest BCUT2D eigenvalue weighted by molar-refractivity contribution is 0.313. The molecular formula is C25H26N8S. The number of fused-ring (bicyclic) bond motifs is 2. The van der Waals surface area contributed by atoms with Crippen LogP contribution in [0.1, 0.15) is 4.88 Å². The Balaban J connectivity index is 1.26. The van der Waals surface area contributed by atoms with Crippen LogP contribution in [0.5, 0.6) is 0 Å². The molecule has 1 aliphatic rings. The van der Waals surface area contributed by atoms with Gasteiger partial charge in [-0.1, -0.05) is 0 Å². The van der Waals surface area contributed by atoms with Crippen molar-refractivity contribution in [2.45, 2.75) is 6.92 Å². The van der Waals surface area contributed by atoms with Crippen molar-refractivity contribution in [1.29, 1.82) is 0 Å². The van der Waals surface area contributed by atoms with Crippen LogP contribution in [0.2, 0.25) is 0 Å². The molecule has 1 saturated heterocycles. The average Bonchev–Trinajstić information content (AvgIpc) is 3.46. The van der Waals surface area contributed by atoms with Gasteiger partial charge in [-0.05, 0) is 62.5 Å². The molecule has 0 spiro atoms. The van der Waals surface area contributed by atoms with Gasteiger partial charge in [0.2, 0.25) is 5.95 Å². The number of thiophene rings is 1. The van der Waals surface area contributed by atoms with Crippen molar-refractivity contribution >= 4 is 61.3 Å². The largest absolute Gasteiger partial charge is 0.369 e. The summed E-state index contributed by atoms with van der Waals surface area (Å²) in [6.07, 6.45) is 1.82. The molecule has 0 amide bonds. The molecule has 3 N–H and O–H groups in total. The fourth-order valence-electron chi connectivity index (χ4n) is 4.29. The summed E-state index contributed by atoms with van der Waals surface area (Å²) in [4.78, 5) is 16.6. The quantitative estimate of drug-likeness (QED) is 0.329. The Kier molecular flexibility index (Phi) is 5.27. The minimum atomic E-state index is 0.576. The Morgan fingerprint density at radius 3 is 2.53 bits per heavy atom. The second-order valence-corrected chi connectivity index (χ2v) is 9.97. The van der Waals surface area contributed by atoms with Crippen LogP contribution < -0.4 is 15.5 Å². The SMILES string of the molecule is Cc1cc2c(Nc3ccc4cn[nH]c4c3)nc(Nc3ccc(N4CCN(C)CC4)cc3)nc2s1. The van der Waals surface area contributed by atoms with E-state index >= 15 is 0 Å². The van der Waals surface area contributed by atoms with Gasteiger partial charge in [0.05, 0.1) is 17.1 Å². The van der Waals surface area contributed by atoms with Crippen molar-refractivity contribution in [1.82, 2.24) is 25.1 Å². The van der Waals surface area contributed by atoms with Gasteiger partial charge in [0.25, 0.3) is 0 Å². The van der Waals surface area contributed by atoms with E-state index in [1.54, 1.807) is 11.3 Å². The van der Waals surface area contributed by atoms with E-state index in [-0.39, 0.29) is 0 Å². The molecule has 0 atom stereocenters. The summed E-state index contributed by atoms with van der Waals surface area (Å²) in [6, 6.07) is 16.8. The average molecular weight is 471 g/mol. The molecule has 0 bridgehead atoms. The predicted octanol–water partition coefficient (Wildman–Crippen LogP) is 5.12. The highest BCUT2D eigenvalue weighted by atomic mass is 32.1. The van der Waals surface area contributed by atoms with Crippen molar-refractivity contribution in [2.75, 3.05) is 48.8 Å². The second kappa shape index (κ2) is 8.58. The summed E-state index contributed by atoms with van der Waals surface area (Å²) in [5.41, 5.74) is 4.15. The van der Waals surface area contributed by atoms with E-state index in [9.17, 15) is 0 Å². The number of likely N-dealkylation sites (N-methyl/N-ethyl adjacent to an activating group) is 1. The molecular weight excluding hydrogens is 444 g/mol. The zero-order valence-corrected chi connectivity index (χ0v) is 20.0. The fourth-order valence-corrected chi connectivity index (χ4v) is 5.17. The van der Waals surface area contributed by atoms with Gasteiger partial charge in [-0.15, -0.1) is 11.3 Å². The summed E-state index contributed by atoms with van der Waals surface area (Å²) < 4.78 is 0. The summed E-state index contributed by atoms with van der Waals surface area (Å²) in [5, 5.41) is 16.1. The van der Waals surface area contributed by atoms with Crippen molar-refractivity contribution in [3.8, 4) is 0 Å². The summed E-state index contributed by atoms with van der Waals surface area (Å²) in [5.74, 6) is 1.36. The molecule has 1 aliphatic heterocycles. The molecule has 3 aromatic heterocycles. The van der Waals surface area contributed by atoms with Gasteiger partial charge in [-0.2, -0.15) is 10.1 Å². The summed E-state index contributed by atoms with van der Waals surface area (Å²) in [7, 11) is 2.18. The Hall–Kier alpha value is -3.69. The number of H-pyrrole nitrogens is 1. The van der Waals surface area contributed by atoms with Crippen LogP contribution in [0.25, 0.3) is 21.1 Å². The smallest absolute Gasteiger partial charge is 0.230 e. The Labute approximate surface area is 201 Å². The van der Waals surface area contributed by atoms with Gasteiger partial charge < -0.3 is 20.4 Å². The molecule has 34 heavy (non-hydrogen) atoms. The number of rotatable bonds is 5. The van der Waals surface area contributed by atoms with E-state index in [1.807, 2.05) is 24.4 Å². The third kappa shape index (κ3) is 4.15. The number of nitrogens with zero attached hydrogens (tertiary/aromatic N) is 5. The molecule has 4 heterocycles. The van der Waals surface area contributed by atoms with Crippen molar-refractivity contribution in [2.24, 2.45) is 0 Å². The molecule has 6 rings (SSSR count). The molecule has 8 nitrogen and oxygen atoms in total. The second-order valence-electron chi connectivity index (χ2n) is 8.73. The molecule has 9 heteroatoms. The Bertz CT molecular complexity index is 1450. The number of aromatic nitrogens is 4. The zero-order valence-electron chi connectivity index (χ0n) is 19.2. The zero-order chi connectivity index (χ0) is 23.1. The minimum Gasteiger partial charge on any atom is -0.369 e. The standard InChI is InChI=1S/C25H26N8S/c1-16-13-21-23(27-19-4-3-17-15-26-31-22(17)14-19)29-25(30-24(21)34-16)28-18-5-7-20(8-6-18)33-11-9-32(2)10-12-33/h3-8,13-15H,9-12H2,1-2H3,(H,26,31)(H2,27,28,29,30). The third-order valence-corrected chi connectivity index (χ3v) is 7.16. The maximum Gasteiger partial charge on any atom is 0.230 e. The lowest BCUT2D eigenvalue weighted by Crippen LogP contribution is -2.44. The lowest BCUT2D eigenvalue weighted by Gasteiger charge is -2.34. The topological polar surface area (TPSA) is 85.0 Å². The van der Waals surface area contributed by atoms with Crippen LogP contribution in [-0.2, 0) is 0 Å². The van der Waals surface area contributed by atoms with Crippen LogP contribution in [0.3, 0.4) is 0 Å². The first-order valence-corrected chi connectivity index (χ1v) is 12.2. The third-order valence-electron chi connectivity index (χ3n) is 6.21. The number of piperazine rings is 1. The number of nitrogens with one attached hydrogen (secondary N) is 3. The van der Waals surface area contributed by atoms with E-state index in [0.717, 1.165) is 64.5 Å². The monoisotopic (exact) mass is 470 g/mol. The van der Waals surface area contributed by atoms with Crippen LogP contribution in [0.4, 0.5) is 28.8 Å². The molecule has 5 aromatic rings. The fraction of sp³-hybridized carbons (Fsp3) is 0.240. The number of hydrogen-bond acceptors (Lipinski definition) is 8. The number of aryl methyl sites for hydroxylation is 1. The first-order valence-electron chi connectivity index (χ1n) is 11.4. The van der Waals surface area contributed by atoms with Crippen LogP contribution >= 0.6 is 11.3 Å². The number of anilines is 5. The normalized spacial score (nSPS) is 14.7. The molecule has 0 saturated carbocycles. The van der Waals surface area contributed by atoms with Gasteiger partial charge in [0.15, 0.2) is 0 Å². The number of aromatic amines is 1. The molecule has 2 aromatic carbocycles. The Morgan fingerprint density at radius 2 is 1.71 bits per heavy atom. The predicted molar refractivity (Wildman–Crippen MR) is 141 cm³/mol. The van der Waals surface area contributed by atoms with E-state index in [0.29, 0.717) is 5.95 Å². The van der Waals surface area contributed by atoms with E-state index in [1.165, 1.54) is 10.6 Å². The summed E-state index contributed by atoms with van der Waals surface area (Å²) >= 11 is 1.67. The van der Waals surface area contributed by atoms with Gasteiger partial charge in [-0.3, -0.25) is 5.10 Å². The Morgan fingerprint density at radius 1 is 0.912 bits per heavy atom. The van der Waals surface area contributed by atoms with Gasteiger partial charge in [0.1, 0.15) is 10.6 Å². The highest BCUT2D eigenvalue weighted by molar-refractivity contribution is 7.18. The van der Waals surface area contributed by atoms with Crippen LogP contribution in [0, 0.1) is 6.92 Å². The van der Waals surface area contributed by atoms with Gasteiger partial charge >= 0.3 is 0 Å². The van der Waals surface area contributed by atoms with Gasteiger partial charge in [0, 0.05) is 53.5 Å². The molecule has 0 unspecified atom stereocenters. The number of benzene rings is 2. The van der Waals surface area contributed by atoms with Crippen molar-refractivity contribution < 1.29 is 0 Å². The highest BCUT2D eigenvalue weighted by Crippen LogP contribution is 2.32. The maximum atomic E-state index is 4.82. The lowest BCUT2D eigenvalue weighted by atomic mass is 10.2. The van der Waals surface area contributed by atoms with Crippen LogP contribution in [0.15, 0.2) is 54.7 Å². The molecule has 172 valence electrons.